The van der Waals surface area contributed by atoms with Gasteiger partial charge in [-0.2, -0.15) is 5.48 Å². The van der Waals surface area contributed by atoms with E-state index < -0.39 is 10.8 Å². The second-order valence-corrected chi connectivity index (χ2v) is 15.1. The molecule has 0 saturated heterocycles. The minimum Gasteiger partial charge on any atom is -0.430 e. The minimum atomic E-state index is -0.588. The van der Waals surface area contributed by atoms with E-state index in [1.165, 1.54) is 0 Å². The van der Waals surface area contributed by atoms with Crippen LogP contribution >= 0.6 is 0 Å². The number of hydroxylamine groups is 1. The molecule has 0 radical (unpaired) electrons. The zero-order chi connectivity index (χ0) is 26.5. The summed E-state index contributed by atoms with van der Waals surface area (Å²) in [5.41, 5.74) is 1.20. The number of fused-ring (bicyclic) bond motifs is 7. The summed E-state index contributed by atoms with van der Waals surface area (Å²) in [4.78, 5) is 46.2. The predicted octanol–water partition coefficient (Wildman–Crippen LogP) is 5.87. The van der Waals surface area contributed by atoms with Gasteiger partial charge in [-0.15, -0.1) is 0 Å². The van der Waals surface area contributed by atoms with Crippen molar-refractivity contribution in [3.05, 3.63) is 12.2 Å². The van der Waals surface area contributed by atoms with Crippen molar-refractivity contribution in [1.29, 1.82) is 0 Å². The van der Waals surface area contributed by atoms with Gasteiger partial charge < -0.3 is 15.7 Å². The molecule has 0 aromatic carbocycles. The van der Waals surface area contributed by atoms with Gasteiger partial charge in [0.2, 0.25) is 0 Å². The molecule has 8 atom stereocenters. The van der Waals surface area contributed by atoms with Gasteiger partial charge in [-0.1, -0.05) is 48.5 Å². The number of hydrogen-bond donors (Lipinski definition) is 1. The van der Waals surface area contributed by atoms with Crippen molar-refractivity contribution in [1.82, 2.24) is 5.48 Å². The monoisotopic (exact) mass is 560 g/mol. The zero-order valence-corrected chi connectivity index (χ0v) is 27.4. The molecule has 0 heterocycles. The molecule has 5 aliphatic carbocycles. The number of allylic oxidation sites excluding steroid dienone is 2. The molecule has 4 saturated carbocycles. The first-order valence-corrected chi connectivity index (χ1v) is 14.2. The number of nitrogens with one attached hydrogen (secondary N) is 1. The van der Waals surface area contributed by atoms with Gasteiger partial charge in [0.15, 0.2) is 0 Å². The predicted molar refractivity (Wildman–Crippen MR) is 138 cm³/mol. The van der Waals surface area contributed by atoms with E-state index in [0.29, 0.717) is 12.2 Å². The molecule has 0 bridgehead atoms. The average molecular weight is 562 g/mol. The minimum absolute atomic E-state index is 0. The van der Waals surface area contributed by atoms with E-state index in [-0.39, 0.29) is 76.6 Å². The smallest absolute Gasteiger partial charge is 0.331 e. The Morgan fingerprint density at radius 2 is 1.59 bits per heavy atom. The Labute approximate surface area is 236 Å². The third kappa shape index (κ3) is 3.70. The summed E-state index contributed by atoms with van der Waals surface area (Å²) >= 11 is 0. The zero-order valence-electron chi connectivity index (χ0n) is 24.4. The summed E-state index contributed by atoms with van der Waals surface area (Å²) in [6.45, 7) is 15.8. The Morgan fingerprint density at radius 1 is 0.946 bits per heavy atom. The molecule has 0 aromatic rings. The first-order valence-electron chi connectivity index (χ1n) is 14.2. The fourth-order valence-corrected chi connectivity index (χ4v) is 10.5. The summed E-state index contributed by atoms with van der Waals surface area (Å²) in [5.74, 6) is 0.500. The summed E-state index contributed by atoms with van der Waals surface area (Å²) < 4.78 is 0. The Balaban J connectivity index is 0.00000320. The standard InChI is InChI=1S/C31H46NO4.Zn/c1-26(2)13-15-31(25(35)36-32-8)16-14-30(7)24(19(31)18-26)20(33)17-22-28(5)11-10-23(34)27(3,4)21(28)9-12-29(22,30)6;/h11,19,21-22,24,32H,9,12-18H2,1-8H3;/q-1;/t19?,21?,22?,24?,28-,29+,30+,31-;/m0./s1. The number of ketones is 2. The van der Waals surface area contributed by atoms with Crippen LogP contribution in [0.3, 0.4) is 0 Å². The van der Waals surface area contributed by atoms with Gasteiger partial charge in [-0.3, -0.25) is 10.9 Å². The first kappa shape index (κ1) is 29.1. The van der Waals surface area contributed by atoms with Crippen LogP contribution in [0.5, 0.6) is 0 Å². The van der Waals surface area contributed by atoms with E-state index in [9.17, 15) is 14.4 Å². The van der Waals surface area contributed by atoms with Crippen molar-refractivity contribution in [3.8, 4) is 0 Å². The molecule has 6 heteroatoms. The molecule has 1 N–H and O–H groups in total. The summed E-state index contributed by atoms with van der Waals surface area (Å²) in [7, 11) is 1.64. The van der Waals surface area contributed by atoms with E-state index in [1.807, 2.05) is 6.08 Å². The van der Waals surface area contributed by atoms with Crippen molar-refractivity contribution in [2.45, 2.75) is 99.8 Å². The molecule has 0 amide bonds. The molecule has 0 spiro atoms. The van der Waals surface area contributed by atoms with Gasteiger partial charge in [-0.25, -0.2) is 4.79 Å². The topological polar surface area (TPSA) is 72.5 Å². The number of carbonyl (C=O) groups excluding carboxylic acids is 3. The number of hydrogen-bond acceptors (Lipinski definition) is 5. The normalized spacial score (nSPS) is 47.5. The van der Waals surface area contributed by atoms with E-state index in [1.54, 1.807) is 7.05 Å². The van der Waals surface area contributed by atoms with Crippen molar-refractivity contribution in [3.63, 3.8) is 0 Å². The number of Topliss-reactive ketones (excluding diaryl/α,β-unsaturated/α-hetero) is 2. The fraction of sp³-hybridized carbons (Fsp3) is 0.839. The van der Waals surface area contributed by atoms with Crippen LogP contribution in [0.15, 0.2) is 6.08 Å². The summed E-state index contributed by atoms with van der Waals surface area (Å²) in [6.07, 6.45) is 12.0. The van der Waals surface area contributed by atoms with Gasteiger partial charge in [0.1, 0.15) is 5.78 Å². The van der Waals surface area contributed by atoms with E-state index in [0.717, 1.165) is 44.9 Å². The molecule has 37 heavy (non-hydrogen) atoms. The second-order valence-electron chi connectivity index (χ2n) is 15.1. The van der Waals surface area contributed by atoms with Crippen LogP contribution in [0.2, 0.25) is 0 Å². The maximum atomic E-state index is 14.4. The van der Waals surface area contributed by atoms with Gasteiger partial charge >= 0.3 is 5.97 Å². The van der Waals surface area contributed by atoms with Crippen LogP contribution in [-0.4, -0.2) is 24.6 Å². The first-order chi connectivity index (χ1) is 16.6. The Bertz CT molecular complexity index is 1030. The van der Waals surface area contributed by atoms with Gasteiger partial charge in [0.05, 0.1) is 5.41 Å². The molecular formula is C31H46NO4Zn-. The quantitative estimate of drug-likeness (QED) is 0.259. The van der Waals surface area contributed by atoms with Crippen LogP contribution in [0.25, 0.3) is 0 Å². The van der Waals surface area contributed by atoms with E-state index in [4.69, 9.17) is 4.84 Å². The summed E-state index contributed by atoms with van der Waals surface area (Å²) in [5, 5.41) is 0. The molecule has 0 aliphatic heterocycles. The molecule has 0 aromatic heterocycles. The van der Waals surface area contributed by atoms with Crippen LogP contribution in [0, 0.1) is 62.2 Å². The van der Waals surface area contributed by atoms with Crippen LogP contribution in [-0.2, 0) is 38.7 Å². The molecule has 5 rings (SSSR count). The molecule has 5 nitrogen and oxygen atoms in total. The van der Waals surface area contributed by atoms with Gasteiger partial charge in [0, 0.05) is 38.9 Å². The number of carbonyl (C=O) groups is 3. The van der Waals surface area contributed by atoms with Gasteiger partial charge in [0.25, 0.3) is 0 Å². The Morgan fingerprint density at radius 3 is 2.24 bits per heavy atom. The van der Waals surface area contributed by atoms with Crippen molar-refractivity contribution in [2.24, 2.45) is 56.2 Å². The Kier molecular flexibility index (Phi) is 6.94. The van der Waals surface area contributed by atoms with Crippen LogP contribution in [0.1, 0.15) is 99.8 Å². The van der Waals surface area contributed by atoms with E-state index >= 15 is 0 Å². The van der Waals surface area contributed by atoms with Crippen molar-refractivity contribution in [2.75, 3.05) is 7.05 Å². The van der Waals surface area contributed by atoms with Crippen LogP contribution < -0.4 is 5.48 Å². The maximum Gasteiger partial charge on any atom is 0.331 e. The molecule has 5 aliphatic rings. The van der Waals surface area contributed by atoms with Crippen molar-refractivity contribution < 1.29 is 38.7 Å². The average Bonchev–Trinajstić information content (AvgIpc) is 2.78. The fourth-order valence-electron chi connectivity index (χ4n) is 10.5. The number of rotatable bonds is 2. The third-order valence-electron chi connectivity index (χ3n) is 12.8. The molecular weight excluding hydrogens is 516 g/mol. The maximum absolute atomic E-state index is 14.4. The molecule has 202 valence electrons. The van der Waals surface area contributed by atoms with Crippen LogP contribution in [0.4, 0.5) is 0 Å². The Hall–Kier alpha value is -0.867. The van der Waals surface area contributed by atoms with E-state index in [2.05, 4.69) is 60.0 Å². The summed E-state index contributed by atoms with van der Waals surface area (Å²) in [6, 6.07) is 0. The van der Waals surface area contributed by atoms with Crippen molar-refractivity contribution >= 4 is 17.5 Å². The SMILES string of the molecule is CNOC(=O)[C@]12CCC(C)(C)CC1C1C(=O)CC3[C@@]4(C)C=[C-]C(=O)C(C)(C)C4CC[C@@]3(C)[C@]1(C)CC2.[Zn]. The molecule has 4 unspecified atom stereocenters. The second kappa shape index (κ2) is 8.82. The third-order valence-corrected chi connectivity index (χ3v) is 12.8. The molecule has 4 fully saturated rings. The van der Waals surface area contributed by atoms with Gasteiger partial charge in [-0.05, 0) is 95.6 Å². The largest absolute Gasteiger partial charge is 0.430 e.